The third-order valence-corrected chi connectivity index (χ3v) is 13.0. The fourth-order valence-corrected chi connectivity index (χ4v) is 9.55. The van der Waals surface area contributed by atoms with Gasteiger partial charge < -0.3 is 38.8 Å². The maximum Gasteiger partial charge on any atom is 0.433 e. The first-order chi connectivity index (χ1) is 32.4. The van der Waals surface area contributed by atoms with Crippen molar-refractivity contribution in [1.82, 2.24) is 34.7 Å². The van der Waals surface area contributed by atoms with Crippen molar-refractivity contribution < 1.29 is 33.7 Å². The first-order valence-electron chi connectivity index (χ1n) is 23.4. The van der Waals surface area contributed by atoms with Crippen LogP contribution in [0.25, 0.3) is 44.7 Å². The number of benzene rings is 3. The number of aliphatic hydroxyl groups is 1. The Morgan fingerprint density at radius 3 is 2.42 bits per heavy atom. The van der Waals surface area contributed by atoms with Crippen molar-refractivity contribution in [3.05, 3.63) is 102 Å². The van der Waals surface area contributed by atoms with E-state index in [0.717, 1.165) is 87.5 Å². The minimum Gasteiger partial charge on any atom is -0.465 e. The number of aromatic amines is 2. The predicted octanol–water partition coefficient (Wildman–Crippen LogP) is 9.40. The molecule has 0 radical (unpaired) electrons. The second-order valence-corrected chi connectivity index (χ2v) is 18.3. The number of likely N-dealkylation sites (tertiary alicyclic amines) is 1. The maximum atomic E-state index is 13.8. The van der Waals surface area contributed by atoms with Crippen LogP contribution in [0.4, 0.5) is 4.79 Å². The zero-order valence-electron chi connectivity index (χ0n) is 39.4. The number of methoxy groups -OCH3 is 2. The number of carbonyl (C=O) groups excluding carboxylic acids is 3. The molecular weight excluding hydrogens is 849 g/mol. The standard InChI is InChI=1S/C52H62N8O7/c1-8-13-32(17-22-43(61)46(30(2)3)57-51(63)65-6)24-45-53-28-38(55-45)34-19-21-40-36(25-34)26-42-37-20-18-35(27-44(37)67-50(60(40)42)33-14-10-9-11-15-33)39-29-54-48(56-39)41-16-12-23-59(41)49(62)47(31(4)5)58-52(64)66-7/h9-11,14-15,18-21,25-32,41,47,50,52,58,64H,8,12-13,16-17,22-24H2,1-7H3,(H,53,55)(H,54,56). The summed E-state index contributed by atoms with van der Waals surface area (Å²) in [4.78, 5) is 61.3. The van der Waals surface area contributed by atoms with Gasteiger partial charge in [-0.25, -0.2) is 14.8 Å². The summed E-state index contributed by atoms with van der Waals surface area (Å²) in [6.45, 7) is 10.3. The van der Waals surface area contributed by atoms with Crippen molar-refractivity contribution in [3.63, 3.8) is 0 Å². The normalized spacial score (nSPS) is 17.3. The van der Waals surface area contributed by atoms with Crippen LogP contribution < -0.4 is 10.1 Å². The van der Waals surface area contributed by atoms with Gasteiger partial charge in [0.1, 0.15) is 17.4 Å². The molecule has 0 saturated carbocycles. The molecule has 0 spiro atoms. The van der Waals surface area contributed by atoms with Crippen molar-refractivity contribution in [3.8, 4) is 39.5 Å². The quantitative estimate of drug-likeness (QED) is 0.0478. The molecule has 2 amide bonds. The number of ketones is 1. The van der Waals surface area contributed by atoms with Crippen LogP contribution in [0.5, 0.6) is 5.75 Å². The number of imidazole rings is 2. The Labute approximate surface area is 391 Å². The van der Waals surface area contributed by atoms with Gasteiger partial charge in [-0.2, -0.15) is 4.99 Å². The number of hydrogen-bond acceptors (Lipinski definition) is 10. The Kier molecular flexibility index (Phi) is 14.5. The summed E-state index contributed by atoms with van der Waals surface area (Å²) in [7, 11) is 2.65. The maximum absolute atomic E-state index is 13.8. The summed E-state index contributed by atoms with van der Waals surface area (Å²) in [6.07, 6.45) is 6.46. The molecule has 5 atom stereocenters. The van der Waals surface area contributed by atoms with Crippen molar-refractivity contribution in [2.24, 2.45) is 22.7 Å². The van der Waals surface area contributed by atoms with E-state index in [-0.39, 0.29) is 41.2 Å². The van der Waals surface area contributed by atoms with E-state index in [9.17, 15) is 19.5 Å². The molecule has 6 aromatic rings. The van der Waals surface area contributed by atoms with Crippen LogP contribution >= 0.6 is 0 Å². The lowest BCUT2D eigenvalue weighted by Gasteiger charge is -2.31. The molecule has 5 heterocycles. The van der Waals surface area contributed by atoms with E-state index < -0.39 is 24.8 Å². The molecule has 3 aromatic heterocycles. The Morgan fingerprint density at radius 2 is 1.69 bits per heavy atom. The van der Waals surface area contributed by atoms with E-state index in [1.54, 1.807) is 0 Å². The van der Waals surface area contributed by atoms with Crippen LogP contribution in [0.2, 0.25) is 0 Å². The van der Waals surface area contributed by atoms with Gasteiger partial charge in [0, 0.05) is 54.1 Å². The third kappa shape index (κ3) is 10.1. The van der Waals surface area contributed by atoms with E-state index in [0.29, 0.717) is 31.6 Å². The zero-order chi connectivity index (χ0) is 47.4. The highest BCUT2D eigenvalue weighted by atomic mass is 16.6. The number of aliphatic imine (C=N–C) groups is 1. The first-order valence-corrected chi connectivity index (χ1v) is 23.4. The molecule has 0 bridgehead atoms. The van der Waals surface area contributed by atoms with Crippen LogP contribution in [-0.4, -0.2) is 91.2 Å². The number of aromatic nitrogens is 5. The minimum atomic E-state index is -1.25. The number of fused-ring (bicyclic) bond motifs is 5. The van der Waals surface area contributed by atoms with E-state index in [4.69, 9.17) is 19.4 Å². The molecule has 8 rings (SSSR count). The number of aliphatic hydroxyl groups excluding tert-OH is 1. The van der Waals surface area contributed by atoms with E-state index >= 15 is 0 Å². The number of carbonyl (C=O) groups is 3. The topological polar surface area (TPSA) is 189 Å². The molecular formula is C52H62N8O7. The molecule has 2 aliphatic rings. The van der Waals surface area contributed by atoms with Crippen molar-refractivity contribution in [1.29, 1.82) is 0 Å². The molecule has 5 unspecified atom stereocenters. The largest absolute Gasteiger partial charge is 0.465 e. The summed E-state index contributed by atoms with van der Waals surface area (Å²) >= 11 is 0. The average Bonchev–Trinajstić information content (AvgIpc) is 4.18. The molecule has 1 fully saturated rings. The monoisotopic (exact) mass is 910 g/mol. The Bertz CT molecular complexity index is 2740. The van der Waals surface area contributed by atoms with Crippen molar-refractivity contribution in [2.45, 2.75) is 104 Å². The van der Waals surface area contributed by atoms with Crippen LogP contribution in [0, 0.1) is 17.8 Å². The molecule has 352 valence electrons. The summed E-state index contributed by atoms with van der Waals surface area (Å²) in [5.74, 6) is 2.07. The molecule has 4 N–H and O–H groups in total. The highest BCUT2D eigenvalue weighted by Crippen LogP contribution is 2.46. The Hall–Kier alpha value is -6.42. The summed E-state index contributed by atoms with van der Waals surface area (Å²) in [5.41, 5.74) is 7.94. The lowest BCUT2D eigenvalue weighted by atomic mass is 9.91. The summed E-state index contributed by atoms with van der Waals surface area (Å²) < 4.78 is 18.9. The number of ether oxygens (including phenoxy) is 3. The molecule has 3 aromatic carbocycles. The summed E-state index contributed by atoms with van der Waals surface area (Å²) in [6, 6.07) is 24.3. The van der Waals surface area contributed by atoms with E-state index in [1.807, 2.05) is 63.2 Å². The van der Waals surface area contributed by atoms with E-state index in [2.05, 4.69) is 91.1 Å². The average molecular weight is 911 g/mol. The highest BCUT2D eigenvalue weighted by molar-refractivity contribution is 6.41. The third-order valence-electron chi connectivity index (χ3n) is 13.0. The zero-order valence-corrected chi connectivity index (χ0v) is 39.4. The smallest absolute Gasteiger partial charge is 0.433 e. The minimum absolute atomic E-state index is 0.0692. The lowest BCUT2D eigenvalue weighted by molar-refractivity contribution is -0.145. The van der Waals surface area contributed by atoms with Crippen LogP contribution in [-0.2, 0) is 25.5 Å². The highest BCUT2D eigenvalue weighted by Gasteiger charge is 2.38. The molecule has 2 aliphatic heterocycles. The Morgan fingerprint density at radius 1 is 0.940 bits per heavy atom. The fraction of sp³-hybridized carbons (Fsp3) is 0.423. The van der Waals surface area contributed by atoms with E-state index in [1.165, 1.54) is 14.2 Å². The second-order valence-electron chi connectivity index (χ2n) is 18.3. The number of Topliss-reactive ketones (excluding diaryl/α,β-unsaturated/α-hetero) is 1. The SMILES string of the molecule is CCCC(CCC(=O)C(=NC(=O)OC)C(C)C)Cc1ncc(-c2ccc3c(c2)cc2n3C(c3ccccc3)Oc3cc(-c4cnc(C5CCCN5C(=O)C(NC(O)OC)C(C)C)[nH]4)ccc3-2)[nH]1. The first kappa shape index (κ1) is 47.1. The van der Waals surface area contributed by atoms with Crippen molar-refractivity contribution in [2.75, 3.05) is 20.8 Å². The molecule has 0 aliphatic carbocycles. The second kappa shape index (κ2) is 20.6. The van der Waals surface area contributed by atoms with Gasteiger partial charge in [0.15, 0.2) is 5.78 Å². The molecule has 1 saturated heterocycles. The van der Waals surface area contributed by atoms with Crippen LogP contribution in [0.3, 0.4) is 0 Å². The van der Waals surface area contributed by atoms with Gasteiger partial charge in [-0.15, -0.1) is 0 Å². The van der Waals surface area contributed by atoms with Crippen molar-refractivity contribution >= 4 is 34.4 Å². The van der Waals surface area contributed by atoms with Gasteiger partial charge in [-0.3, -0.25) is 14.9 Å². The van der Waals surface area contributed by atoms with Crippen LogP contribution in [0.1, 0.15) is 103 Å². The van der Waals surface area contributed by atoms with Gasteiger partial charge in [-0.1, -0.05) is 89.9 Å². The number of hydrogen-bond donors (Lipinski definition) is 4. The predicted molar refractivity (Wildman–Crippen MR) is 257 cm³/mol. The molecule has 67 heavy (non-hydrogen) atoms. The van der Waals surface area contributed by atoms with Crippen LogP contribution in [0.15, 0.2) is 90.2 Å². The fourth-order valence-electron chi connectivity index (χ4n) is 9.55. The number of nitrogens with one attached hydrogen (secondary N) is 3. The number of amides is 2. The number of H-pyrrole nitrogens is 2. The molecule has 15 heteroatoms. The van der Waals surface area contributed by atoms with Gasteiger partial charge in [0.25, 0.3) is 0 Å². The van der Waals surface area contributed by atoms with Gasteiger partial charge in [0.05, 0.1) is 59.9 Å². The number of rotatable bonds is 18. The Balaban J connectivity index is 1.04. The van der Waals surface area contributed by atoms with Gasteiger partial charge >= 0.3 is 6.09 Å². The molecule has 15 nitrogen and oxygen atoms in total. The summed E-state index contributed by atoms with van der Waals surface area (Å²) in [5, 5.41) is 14.1. The van der Waals surface area contributed by atoms with Gasteiger partial charge in [-0.05, 0) is 67.3 Å². The van der Waals surface area contributed by atoms with Gasteiger partial charge in [0.2, 0.25) is 18.5 Å². The lowest BCUT2D eigenvalue weighted by Crippen LogP contribution is -2.52. The number of nitrogens with zero attached hydrogens (tertiary/aromatic N) is 5.